The molecule has 0 saturated carbocycles. The lowest BCUT2D eigenvalue weighted by Gasteiger charge is -2.23. The van der Waals surface area contributed by atoms with Gasteiger partial charge in [-0.1, -0.05) is 13.8 Å². The number of hydrogen-bond donors (Lipinski definition) is 1. The average molecular weight is 261 g/mol. The Kier molecular flexibility index (Phi) is 4.77. The molecule has 4 nitrogen and oxygen atoms in total. The molecule has 1 saturated heterocycles. The van der Waals surface area contributed by atoms with Gasteiger partial charge < -0.3 is 10.2 Å². The van der Waals surface area contributed by atoms with Crippen molar-refractivity contribution in [3.63, 3.8) is 0 Å². The molecular weight excluding hydrogens is 238 g/mol. The third kappa shape index (κ3) is 3.25. The Morgan fingerprint density at radius 2 is 2.37 bits per heavy atom. The molecule has 0 aliphatic carbocycles. The average Bonchev–Trinajstić information content (AvgIpc) is 2.93. The van der Waals surface area contributed by atoms with Crippen LogP contribution in [0.2, 0.25) is 0 Å². The highest BCUT2D eigenvalue weighted by Gasteiger charge is 2.28. The van der Waals surface area contributed by atoms with Crippen LogP contribution >= 0.6 is 0 Å². The molecular formula is C15H23N3O. The number of nitrogens with one attached hydrogen (secondary N) is 1. The van der Waals surface area contributed by atoms with E-state index in [1.54, 1.807) is 6.20 Å². The van der Waals surface area contributed by atoms with Crippen molar-refractivity contribution in [1.29, 1.82) is 0 Å². The summed E-state index contributed by atoms with van der Waals surface area (Å²) in [5.41, 5.74) is 1.54. The van der Waals surface area contributed by atoms with Crippen LogP contribution in [0, 0.1) is 0 Å². The minimum Gasteiger partial charge on any atom is -0.385 e. The van der Waals surface area contributed by atoms with Crippen LogP contribution in [-0.2, 0) is 0 Å². The number of amides is 1. The number of likely N-dealkylation sites (tertiary alicyclic amines) is 1. The monoisotopic (exact) mass is 261 g/mol. The van der Waals surface area contributed by atoms with Crippen molar-refractivity contribution >= 4 is 11.6 Å². The van der Waals surface area contributed by atoms with Crippen LogP contribution in [0.15, 0.2) is 18.3 Å². The quantitative estimate of drug-likeness (QED) is 0.886. The van der Waals surface area contributed by atoms with E-state index in [0.29, 0.717) is 11.7 Å². The number of nitrogens with zero attached hydrogens (tertiary/aromatic N) is 2. The molecule has 1 aromatic rings. The summed E-state index contributed by atoms with van der Waals surface area (Å²) in [6.07, 6.45) is 6.03. The van der Waals surface area contributed by atoms with Crippen molar-refractivity contribution in [3.05, 3.63) is 24.0 Å². The second-order valence-corrected chi connectivity index (χ2v) is 5.06. The second kappa shape index (κ2) is 6.55. The third-order valence-electron chi connectivity index (χ3n) is 3.67. The molecule has 1 unspecified atom stereocenters. The number of hydrogen-bond acceptors (Lipinski definition) is 3. The fourth-order valence-electron chi connectivity index (χ4n) is 2.60. The summed E-state index contributed by atoms with van der Waals surface area (Å²) in [5.74, 6) is 0.0736. The number of carbonyl (C=O) groups excluding carboxylic acids is 1. The van der Waals surface area contributed by atoms with E-state index < -0.39 is 0 Å². The lowest BCUT2D eigenvalue weighted by molar-refractivity contribution is 0.0728. The molecule has 0 bridgehead atoms. The molecule has 19 heavy (non-hydrogen) atoms. The molecule has 0 spiro atoms. The first kappa shape index (κ1) is 13.8. The molecule has 0 radical (unpaired) electrons. The molecule has 4 heteroatoms. The van der Waals surface area contributed by atoms with Crippen LogP contribution < -0.4 is 5.32 Å². The maximum absolute atomic E-state index is 12.5. The van der Waals surface area contributed by atoms with E-state index >= 15 is 0 Å². The molecule has 2 heterocycles. The van der Waals surface area contributed by atoms with Gasteiger partial charge in [0.05, 0.1) is 0 Å². The Labute approximate surface area is 115 Å². The van der Waals surface area contributed by atoms with Crippen molar-refractivity contribution in [2.24, 2.45) is 0 Å². The predicted molar refractivity (Wildman–Crippen MR) is 77.4 cm³/mol. The number of pyridine rings is 1. The first-order chi connectivity index (χ1) is 9.26. The van der Waals surface area contributed by atoms with Crippen molar-refractivity contribution in [3.8, 4) is 0 Å². The normalized spacial score (nSPS) is 18.6. The van der Waals surface area contributed by atoms with E-state index in [2.05, 4.69) is 24.1 Å². The zero-order valence-corrected chi connectivity index (χ0v) is 11.9. The van der Waals surface area contributed by atoms with Crippen molar-refractivity contribution in [1.82, 2.24) is 9.88 Å². The van der Waals surface area contributed by atoms with Gasteiger partial charge in [0.2, 0.25) is 0 Å². The summed E-state index contributed by atoms with van der Waals surface area (Å²) in [6, 6.07) is 4.16. The molecule has 1 fully saturated rings. The van der Waals surface area contributed by atoms with E-state index in [1.165, 1.54) is 0 Å². The van der Waals surface area contributed by atoms with Gasteiger partial charge in [0, 0.05) is 31.0 Å². The predicted octanol–water partition coefficient (Wildman–Crippen LogP) is 2.92. The summed E-state index contributed by atoms with van der Waals surface area (Å²) in [6.45, 7) is 6.05. The van der Waals surface area contributed by atoms with Crippen molar-refractivity contribution in [2.45, 2.75) is 45.6 Å². The van der Waals surface area contributed by atoms with E-state index in [0.717, 1.165) is 44.5 Å². The first-order valence-corrected chi connectivity index (χ1v) is 7.27. The highest BCUT2D eigenvalue weighted by atomic mass is 16.2. The van der Waals surface area contributed by atoms with Crippen LogP contribution in [0.25, 0.3) is 0 Å². The molecule has 1 aromatic heterocycles. The van der Waals surface area contributed by atoms with Crippen LogP contribution in [0.3, 0.4) is 0 Å². The lowest BCUT2D eigenvalue weighted by Crippen LogP contribution is -2.35. The maximum Gasteiger partial charge on any atom is 0.272 e. The molecule has 1 atom stereocenters. The summed E-state index contributed by atoms with van der Waals surface area (Å²) >= 11 is 0. The molecule has 2 rings (SSSR count). The van der Waals surface area contributed by atoms with Gasteiger partial charge in [-0.2, -0.15) is 0 Å². The van der Waals surface area contributed by atoms with Crippen LogP contribution in [0.4, 0.5) is 5.69 Å². The molecule has 1 aliphatic heterocycles. The summed E-state index contributed by atoms with van der Waals surface area (Å²) in [5, 5.41) is 3.29. The number of carbonyl (C=O) groups is 1. The Bertz CT molecular complexity index is 433. The molecule has 1 amide bonds. The fourth-order valence-corrected chi connectivity index (χ4v) is 2.60. The smallest absolute Gasteiger partial charge is 0.272 e. The maximum atomic E-state index is 12.5. The second-order valence-electron chi connectivity index (χ2n) is 5.06. The fraction of sp³-hybridized carbons (Fsp3) is 0.600. The number of rotatable bonds is 5. The number of aromatic nitrogens is 1. The van der Waals surface area contributed by atoms with Gasteiger partial charge in [-0.25, -0.2) is 0 Å². The highest BCUT2D eigenvalue weighted by molar-refractivity contribution is 5.93. The zero-order chi connectivity index (χ0) is 13.7. The van der Waals surface area contributed by atoms with E-state index in [1.807, 2.05) is 17.0 Å². The summed E-state index contributed by atoms with van der Waals surface area (Å²) in [7, 11) is 0. The minimum atomic E-state index is 0.0736. The number of anilines is 1. The van der Waals surface area contributed by atoms with Gasteiger partial charge in [-0.15, -0.1) is 0 Å². The summed E-state index contributed by atoms with van der Waals surface area (Å²) in [4.78, 5) is 18.7. The van der Waals surface area contributed by atoms with Crippen LogP contribution in [0.1, 0.15) is 50.0 Å². The Morgan fingerprint density at radius 1 is 1.53 bits per heavy atom. The first-order valence-electron chi connectivity index (χ1n) is 7.27. The van der Waals surface area contributed by atoms with Gasteiger partial charge in [0.1, 0.15) is 5.69 Å². The van der Waals surface area contributed by atoms with Gasteiger partial charge in [-0.05, 0) is 37.8 Å². The Hall–Kier alpha value is -1.58. The van der Waals surface area contributed by atoms with Gasteiger partial charge >= 0.3 is 0 Å². The summed E-state index contributed by atoms with van der Waals surface area (Å²) < 4.78 is 0. The third-order valence-corrected chi connectivity index (χ3v) is 3.67. The minimum absolute atomic E-state index is 0.0736. The standard InChI is InChI=1S/C15H23N3O/c1-3-8-16-12-7-9-17-14(11-12)15(19)18-10-5-6-13(18)4-2/h7,9,11,13H,3-6,8,10H2,1-2H3,(H,16,17). The van der Waals surface area contributed by atoms with E-state index in [9.17, 15) is 4.79 Å². The van der Waals surface area contributed by atoms with Gasteiger partial charge in [0.25, 0.3) is 5.91 Å². The van der Waals surface area contributed by atoms with Gasteiger partial charge in [0.15, 0.2) is 0 Å². The largest absolute Gasteiger partial charge is 0.385 e. The van der Waals surface area contributed by atoms with Gasteiger partial charge in [-0.3, -0.25) is 9.78 Å². The zero-order valence-electron chi connectivity index (χ0n) is 11.9. The molecule has 1 aliphatic rings. The lowest BCUT2D eigenvalue weighted by atomic mass is 10.1. The molecule has 1 N–H and O–H groups in total. The molecule has 0 aromatic carbocycles. The van der Waals surface area contributed by atoms with Crippen LogP contribution in [0.5, 0.6) is 0 Å². The Balaban J connectivity index is 2.10. The molecule has 104 valence electrons. The highest BCUT2D eigenvalue weighted by Crippen LogP contribution is 2.22. The SMILES string of the molecule is CCCNc1ccnc(C(=O)N2CCCC2CC)c1. The van der Waals surface area contributed by atoms with Crippen LogP contribution in [-0.4, -0.2) is 34.9 Å². The van der Waals surface area contributed by atoms with Crippen molar-refractivity contribution in [2.75, 3.05) is 18.4 Å². The van der Waals surface area contributed by atoms with E-state index in [4.69, 9.17) is 0 Å². The Morgan fingerprint density at radius 3 is 3.11 bits per heavy atom. The van der Waals surface area contributed by atoms with Crippen molar-refractivity contribution < 1.29 is 4.79 Å². The van der Waals surface area contributed by atoms with E-state index in [-0.39, 0.29) is 5.91 Å². The topological polar surface area (TPSA) is 45.2 Å².